The van der Waals surface area contributed by atoms with Crippen LogP contribution in [-0.2, 0) is 4.74 Å². The van der Waals surface area contributed by atoms with Gasteiger partial charge >= 0.3 is 0 Å². The molecule has 3 aromatic rings. The Morgan fingerprint density at radius 3 is 2.46 bits per heavy atom. The van der Waals surface area contributed by atoms with E-state index in [2.05, 4.69) is 27.6 Å². The molecule has 0 aliphatic carbocycles. The van der Waals surface area contributed by atoms with Crippen molar-refractivity contribution in [2.45, 2.75) is 25.3 Å². The lowest BCUT2D eigenvalue weighted by atomic mass is 9.97. The Hall–Kier alpha value is -2.59. The standard InChI is InChI=1S/C26H31Cl2N6O3/c1-34-7-4-15(5-8-34)12-29-25-24-16(13-30-26(33-24)31-17-6-9-37-14-17)10-18(32-25)21-22(27)19(35-2)11-20(36-3)23(21)28/h10-11,13,15,17H,4-9,12,14H2,1-3H3,(H-,29,30,31,32,33)/q-1. The summed E-state index contributed by atoms with van der Waals surface area (Å²) in [7, 11) is 5.26. The van der Waals surface area contributed by atoms with Crippen LogP contribution in [0.25, 0.3) is 27.5 Å². The Morgan fingerprint density at radius 1 is 1.08 bits per heavy atom. The fourth-order valence-corrected chi connectivity index (χ4v) is 5.44. The summed E-state index contributed by atoms with van der Waals surface area (Å²) in [5, 5.41) is 9.75. The second-order valence-electron chi connectivity index (χ2n) is 9.52. The average molecular weight is 546 g/mol. The predicted molar refractivity (Wildman–Crippen MR) is 147 cm³/mol. The van der Waals surface area contributed by atoms with Crippen molar-refractivity contribution < 1.29 is 14.2 Å². The third-order valence-electron chi connectivity index (χ3n) is 6.98. The van der Waals surface area contributed by atoms with Gasteiger partial charge in [-0.2, -0.15) is 0 Å². The van der Waals surface area contributed by atoms with Gasteiger partial charge in [0.15, 0.2) is 0 Å². The lowest BCUT2D eigenvalue weighted by Crippen LogP contribution is -2.33. The second kappa shape index (κ2) is 11.4. The number of fused-ring (bicyclic) bond motifs is 1. The smallest absolute Gasteiger partial charge is 0.141 e. The van der Waals surface area contributed by atoms with Crippen molar-refractivity contribution in [3.8, 4) is 22.8 Å². The summed E-state index contributed by atoms with van der Waals surface area (Å²) in [6, 6.07) is 3.62. The molecule has 2 aromatic heterocycles. The molecule has 2 fully saturated rings. The SMILES string of the molecule is COc1cc(OC)c(Cl)c(-c2cc3cnc([N-]C4CCOC4)nc3c(NCC3CCN(C)CC3)n2)c1Cl. The van der Waals surface area contributed by atoms with Gasteiger partial charge in [-0.25, -0.2) is 4.98 Å². The number of halogens is 2. The van der Waals surface area contributed by atoms with E-state index in [-0.39, 0.29) is 6.04 Å². The summed E-state index contributed by atoms with van der Waals surface area (Å²) in [6.07, 6.45) is 4.89. The molecule has 37 heavy (non-hydrogen) atoms. The van der Waals surface area contributed by atoms with E-state index in [1.807, 2.05) is 6.07 Å². The van der Waals surface area contributed by atoms with Gasteiger partial charge in [-0.15, -0.1) is 0 Å². The van der Waals surface area contributed by atoms with Crippen LogP contribution in [0, 0.1) is 5.92 Å². The molecule has 1 atom stereocenters. The Morgan fingerprint density at radius 2 is 1.81 bits per heavy atom. The van der Waals surface area contributed by atoms with Gasteiger partial charge in [0.25, 0.3) is 0 Å². The normalized spacial score (nSPS) is 18.8. The van der Waals surface area contributed by atoms with Gasteiger partial charge in [-0.1, -0.05) is 23.2 Å². The molecule has 5 rings (SSSR count). The lowest BCUT2D eigenvalue weighted by Gasteiger charge is -2.29. The first-order valence-electron chi connectivity index (χ1n) is 12.5. The molecule has 198 valence electrons. The minimum atomic E-state index is 0.0715. The van der Waals surface area contributed by atoms with Gasteiger partial charge in [0, 0.05) is 42.3 Å². The van der Waals surface area contributed by atoms with E-state index >= 15 is 0 Å². The molecule has 0 saturated carbocycles. The number of pyridine rings is 1. The van der Waals surface area contributed by atoms with Crippen molar-refractivity contribution in [2.75, 3.05) is 59.4 Å². The number of hydrogen-bond acceptors (Lipinski definition) is 8. The molecule has 2 saturated heterocycles. The predicted octanol–water partition coefficient (Wildman–Crippen LogP) is 5.56. The van der Waals surface area contributed by atoms with Crippen molar-refractivity contribution >= 4 is 45.9 Å². The Bertz CT molecular complexity index is 1230. The highest BCUT2D eigenvalue weighted by Gasteiger charge is 2.22. The highest BCUT2D eigenvalue weighted by molar-refractivity contribution is 6.41. The molecular formula is C26H31Cl2N6O3-. The van der Waals surface area contributed by atoms with Crippen LogP contribution >= 0.6 is 23.2 Å². The number of nitrogens with one attached hydrogen (secondary N) is 1. The van der Waals surface area contributed by atoms with Gasteiger partial charge < -0.3 is 39.7 Å². The number of aromatic nitrogens is 3. The summed E-state index contributed by atoms with van der Waals surface area (Å²) in [5.74, 6) is 2.51. The number of ether oxygens (including phenoxy) is 3. The van der Waals surface area contributed by atoms with Gasteiger partial charge in [-0.05, 0) is 63.0 Å². The maximum absolute atomic E-state index is 6.73. The molecule has 0 bridgehead atoms. The van der Waals surface area contributed by atoms with Crippen LogP contribution < -0.4 is 14.8 Å². The van der Waals surface area contributed by atoms with Crippen LogP contribution in [0.3, 0.4) is 0 Å². The van der Waals surface area contributed by atoms with E-state index < -0.39 is 0 Å². The Balaban J connectivity index is 1.56. The minimum absolute atomic E-state index is 0.0715. The Kier molecular flexibility index (Phi) is 8.04. The summed E-state index contributed by atoms with van der Waals surface area (Å²) >= 11 is 13.5. The molecular weight excluding hydrogens is 515 g/mol. The molecule has 9 nitrogen and oxygen atoms in total. The van der Waals surface area contributed by atoms with Gasteiger partial charge in [0.1, 0.15) is 17.3 Å². The highest BCUT2D eigenvalue weighted by Crippen LogP contribution is 2.46. The van der Waals surface area contributed by atoms with Gasteiger partial charge in [-0.3, -0.25) is 0 Å². The third kappa shape index (κ3) is 5.65. The average Bonchev–Trinajstić information content (AvgIpc) is 3.42. The van der Waals surface area contributed by atoms with E-state index in [1.165, 1.54) is 0 Å². The van der Waals surface area contributed by atoms with Crippen molar-refractivity contribution in [3.05, 3.63) is 33.7 Å². The monoisotopic (exact) mass is 545 g/mol. The number of methoxy groups -OCH3 is 2. The van der Waals surface area contributed by atoms with Gasteiger partial charge in [0.2, 0.25) is 0 Å². The molecule has 1 N–H and O–H groups in total. The molecule has 2 aliphatic rings. The van der Waals surface area contributed by atoms with Crippen molar-refractivity contribution in [2.24, 2.45) is 5.92 Å². The van der Waals surface area contributed by atoms with Crippen molar-refractivity contribution in [3.63, 3.8) is 0 Å². The molecule has 0 radical (unpaired) electrons. The maximum Gasteiger partial charge on any atom is 0.141 e. The number of piperidine rings is 1. The van der Waals surface area contributed by atoms with E-state index in [0.717, 1.165) is 44.3 Å². The number of benzene rings is 1. The number of rotatable bonds is 8. The summed E-state index contributed by atoms with van der Waals surface area (Å²) < 4.78 is 16.4. The summed E-state index contributed by atoms with van der Waals surface area (Å²) in [5.41, 5.74) is 1.80. The molecule has 0 amide bonds. The van der Waals surface area contributed by atoms with E-state index in [4.69, 9.17) is 47.4 Å². The van der Waals surface area contributed by atoms with Crippen LogP contribution in [0.1, 0.15) is 19.3 Å². The minimum Gasteiger partial charge on any atom is -0.495 e. The van der Waals surface area contributed by atoms with Crippen LogP contribution in [0.15, 0.2) is 18.3 Å². The van der Waals surface area contributed by atoms with Crippen LogP contribution in [-0.4, -0.2) is 80.0 Å². The third-order valence-corrected chi connectivity index (χ3v) is 7.73. The molecule has 1 aromatic carbocycles. The molecule has 1 unspecified atom stereocenters. The summed E-state index contributed by atoms with van der Waals surface area (Å²) in [6.45, 7) is 4.26. The largest absolute Gasteiger partial charge is 0.495 e. The fourth-order valence-electron chi connectivity index (χ4n) is 4.75. The lowest BCUT2D eigenvalue weighted by molar-refractivity contribution is 0.196. The first-order chi connectivity index (χ1) is 18.0. The zero-order valence-corrected chi connectivity index (χ0v) is 22.8. The first kappa shape index (κ1) is 26.0. The molecule has 0 spiro atoms. The van der Waals surface area contributed by atoms with E-state index in [1.54, 1.807) is 26.5 Å². The zero-order valence-electron chi connectivity index (χ0n) is 21.3. The number of anilines is 1. The molecule has 11 heteroatoms. The van der Waals surface area contributed by atoms with Crippen molar-refractivity contribution in [1.82, 2.24) is 19.9 Å². The van der Waals surface area contributed by atoms with Crippen LogP contribution in [0.2, 0.25) is 10.0 Å². The quantitative estimate of drug-likeness (QED) is 0.392. The first-order valence-corrected chi connectivity index (χ1v) is 13.2. The Labute approximate surface area is 226 Å². The van der Waals surface area contributed by atoms with Crippen molar-refractivity contribution in [1.29, 1.82) is 0 Å². The fraction of sp³-hybridized carbons (Fsp3) is 0.500. The van der Waals surface area contributed by atoms with Crippen LogP contribution in [0.5, 0.6) is 11.5 Å². The molecule has 2 aliphatic heterocycles. The van der Waals surface area contributed by atoms with E-state index in [9.17, 15) is 0 Å². The summed E-state index contributed by atoms with van der Waals surface area (Å²) in [4.78, 5) is 16.6. The molecule has 4 heterocycles. The highest BCUT2D eigenvalue weighted by atomic mass is 35.5. The number of hydrogen-bond donors (Lipinski definition) is 1. The maximum atomic E-state index is 6.73. The van der Waals surface area contributed by atoms with Crippen LogP contribution in [0.4, 0.5) is 11.8 Å². The van der Waals surface area contributed by atoms with E-state index in [0.29, 0.717) is 69.2 Å². The second-order valence-corrected chi connectivity index (χ2v) is 10.3. The van der Waals surface area contributed by atoms with Gasteiger partial charge in [0.05, 0.1) is 36.6 Å². The topological polar surface area (TPSA) is 95.7 Å². The number of likely N-dealkylation sites (tertiary alicyclic amines) is 1. The zero-order chi connectivity index (χ0) is 25.9. The number of nitrogens with zero attached hydrogens (tertiary/aromatic N) is 5.